The number of carbonyl (C=O) groups is 2. The van der Waals surface area contributed by atoms with Crippen LogP contribution in [0.15, 0.2) is 54.7 Å². The number of nitrogens with zero attached hydrogens (tertiary/aromatic N) is 1. The smallest absolute Gasteiger partial charge is 0.257 e. The Labute approximate surface area is 164 Å². The SMILES string of the molecule is CC(=O)c1cccc(Nc2ccc(C(=O)Nc3c(C)cc(C)cc3C)cn2)c1. The van der Waals surface area contributed by atoms with E-state index in [0.717, 1.165) is 22.5 Å². The summed E-state index contributed by atoms with van der Waals surface area (Å²) in [4.78, 5) is 28.4. The first-order valence-corrected chi connectivity index (χ1v) is 9.07. The van der Waals surface area contributed by atoms with Crippen molar-refractivity contribution in [2.75, 3.05) is 10.6 Å². The van der Waals surface area contributed by atoms with Crippen molar-refractivity contribution in [3.8, 4) is 0 Å². The number of ketones is 1. The maximum absolute atomic E-state index is 12.6. The molecular weight excluding hydrogens is 350 g/mol. The number of carbonyl (C=O) groups excluding carboxylic acids is 2. The topological polar surface area (TPSA) is 71.1 Å². The number of aryl methyl sites for hydroxylation is 3. The van der Waals surface area contributed by atoms with Crippen LogP contribution in [0, 0.1) is 20.8 Å². The Balaban J connectivity index is 1.73. The number of hydrogen-bond donors (Lipinski definition) is 2. The fourth-order valence-electron chi connectivity index (χ4n) is 3.13. The lowest BCUT2D eigenvalue weighted by atomic mass is 10.0. The van der Waals surface area contributed by atoms with Crippen LogP contribution in [-0.2, 0) is 0 Å². The largest absolute Gasteiger partial charge is 0.340 e. The number of rotatable bonds is 5. The van der Waals surface area contributed by atoms with E-state index in [1.165, 1.54) is 18.7 Å². The summed E-state index contributed by atoms with van der Waals surface area (Å²) in [6.07, 6.45) is 1.53. The van der Waals surface area contributed by atoms with Gasteiger partial charge in [0.15, 0.2) is 5.78 Å². The third-order valence-electron chi connectivity index (χ3n) is 4.48. The minimum Gasteiger partial charge on any atom is -0.340 e. The van der Waals surface area contributed by atoms with Gasteiger partial charge in [0.05, 0.1) is 5.56 Å². The maximum Gasteiger partial charge on any atom is 0.257 e. The van der Waals surface area contributed by atoms with Crippen molar-refractivity contribution < 1.29 is 9.59 Å². The van der Waals surface area contributed by atoms with Gasteiger partial charge in [-0.2, -0.15) is 0 Å². The Hall–Kier alpha value is -3.47. The summed E-state index contributed by atoms with van der Waals surface area (Å²) >= 11 is 0. The molecule has 3 aromatic rings. The summed E-state index contributed by atoms with van der Waals surface area (Å²) in [5.74, 6) is 0.401. The molecule has 1 heterocycles. The van der Waals surface area contributed by atoms with Crippen LogP contribution in [0.3, 0.4) is 0 Å². The standard InChI is InChI=1S/C23H23N3O2/c1-14-10-15(2)22(16(3)11-14)26-23(28)19-8-9-21(24-13-19)25-20-7-5-6-18(12-20)17(4)27/h5-13H,1-4H3,(H,24,25)(H,26,28). The zero-order valence-corrected chi connectivity index (χ0v) is 16.5. The highest BCUT2D eigenvalue weighted by atomic mass is 16.1. The van der Waals surface area contributed by atoms with E-state index in [-0.39, 0.29) is 11.7 Å². The number of pyridine rings is 1. The van der Waals surface area contributed by atoms with Crippen molar-refractivity contribution >= 4 is 28.9 Å². The molecule has 5 nitrogen and oxygen atoms in total. The van der Waals surface area contributed by atoms with Crippen LogP contribution in [0.25, 0.3) is 0 Å². The van der Waals surface area contributed by atoms with Crippen molar-refractivity contribution in [2.24, 2.45) is 0 Å². The molecule has 0 bridgehead atoms. The molecule has 2 aromatic carbocycles. The monoisotopic (exact) mass is 373 g/mol. The molecule has 5 heteroatoms. The van der Waals surface area contributed by atoms with Crippen molar-refractivity contribution in [2.45, 2.75) is 27.7 Å². The van der Waals surface area contributed by atoms with Gasteiger partial charge in [-0.25, -0.2) is 4.98 Å². The van der Waals surface area contributed by atoms with Gasteiger partial charge >= 0.3 is 0 Å². The second kappa shape index (κ2) is 8.05. The lowest BCUT2D eigenvalue weighted by Gasteiger charge is -2.13. The Bertz CT molecular complexity index is 1020. The molecule has 0 aliphatic rings. The van der Waals surface area contributed by atoms with Crippen LogP contribution >= 0.6 is 0 Å². The van der Waals surface area contributed by atoms with Crippen LogP contribution in [-0.4, -0.2) is 16.7 Å². The van der Waals surface area contributed by atoms with E-state index in [0.29, 0.717) is 16.9 Å². The van der Waals surface area contributed by atoms with Crippen molar-refractivity contribution in [3.05, 3.63) is 82.5 Å². The van der Waals surface area contributed by atoms with Gasteiger partial charge in [0.25, 0.3) is 5.91 Å². The fraction of sp³-hybridized carbons (Fsp3) is 0.174. The molecule has 0 saturated heterocycles. The molecule has 3 rings (SSSR count). The first-order chi connectivity index (χ1) is 13.3. The summed E-state index contributed by atoms with van der Waals surface area (Å²) < 4.78 is 0. The molecule has 1 aromatic heterocycles. The fourth-order valence-corrected chi connectivity index (χ4v) is 3.13. The van der Waals surface area contributed by atoms with Crippen LogP contribution in [0.1, 0.15) is 44.3 Å². The quantitative estimate of drug-likeness (QED) is 0.603. The van der Waals surface area contributed by atoms with Gasteiger partial charge in [-0.15, -0.1) is 0 Å². The zero-order chi connectivity index (χ0) is 20.3. The van der Waals surface area contributed by atoms with E-state index < -0.39 is 0 Å². The lowest BCUT2D eigenvalue weighted by Crippen LogP contribution is -2.14. The van der Waals surface area contributed by atoms with E-state index in [2.05, 4.69) is 15.6 Å². The molecule has 0 unspecified atom stereocenters. The Morgan fingerprint density at radius 1 is 0.893 bits per heavy atom. The van der Waals surface area contributed by atoms with Crippen molar-refractivity contribution in [3.63, 3.8) is 0 Å². The molecule has 142 valence electrons. The predicted molar refractivity (Wildman–Crippen MR) is 113 cm³/mol. The third kappa shape index (κ3) is 4.43. The Kier molecular flexibility index (Phi) is 5.54. The number of nitrogens with one attached hydrogen (secondary N) is 2. The highest BCUT2D eigenvalue weighted by Crippen LogP contribution is 2.23. The van der Waals surface area contributed by atoms with E-state index in [1.54, 1.807) is 24.3 Å². The lowest BCUT2D eigenvalue weighted by molar-refractivity contribution is 0.101. The van der Waals surface area contributed by atoms with Gasteiger partial charge in [-0.05, 0) is 63.1 Å². The molecule has 0 fully saturated rings. The second-order valence-corrected chi connectivity index (χ2v) is 6.92. The molecule has 0 atom stereocenters. The van der Waals surface area contributed by atoms with E-state index in [9.17, 15) is 9.59 Å². The molecule has 0 saturated carbocycles. The van der Waals surface area contributed by atoms with E-state index >= 15 is 0 Å². The second-order valence-electron chi connectivity index (χ2n) is 6.92. The van der Waals surface area contributed by atoms with Gasteiger partial charge < -0.3 is 10.6 Å². The molecule has 0 radical (unpaired) electrons. The van der Waals surface area contributed by atoms with Gasteiger partial charge in [-0.3, -0.25) is 9.59 Å². The molecule has 0 aliphatic carbocycles. The summed E-state index contributed by atoms with van der Waals surface area (Å²) in [7, 11) is 0. The summed E-state index contributed by atoms with van der Waals surface area (Å²) in [5, 5.41) is 6.12. The summed E-state index contributed by atoms with van der Waals surface area (Å²) in [5.41, 5.74) is 5.93. The third-order valence-corrected chi connectivity index (χ3v) is 4.48. The Morgan fingerprint density at radius 2 is 1.61 bits per heavy atom. The Morgan fingerprint density at radius 3 is 2.21 bits per heavy atom. The van der Waals surface area contributed by atoms with E-state index in [1.807, 2.05) is 45.0 Å². The molecular formula is C23H23N3O2. The number of benzene rings is 2. The number of hydrogen-bond acceptors (Lipinski definition) is 4. The van der Waals surface area contributed by atoms with Crippen LogP contribution in [0.4, 0.5) is 17.2 Å². The number of amides is 1. The highest BCUT2D eigenvalue weighted by molar-refractivity contribution is 6.05. The normalized spacial score (nSPS) is 10.4. The highest BCUT2D eigenvalue weighted by Gasteiger charge is 2.11. The predicted octanol–water partition coefficient (Wildman–Crippen LogP) is 5.21. The van der Waals surface area contributed by atoms with Crippen LogP contribution in [0.2, 0.25) is 0 Å². The molecule has 28 heavy (non-hydrogen) atoms. The summed E-state index contributed by atoms with van der Waals surface area (Å²) in [6, 6.07) is 14.8. The van der Waals surface area contributed by atoms with Gasteiger partial charge in [0, 0.05) is 23.1 Å². The average molecular weight is 373 g/mol. The summed E-state index contributed by atoms with van der Waals surface area (Å²) in [6.45, 7) is 7.53. The number of anilines is 3. The molecule has 0 spiro atoms. The zero-order valence-electron chi connectivity index (χ0n) is 16.5. The average Bonchev–Trinajstić information content (AvgIpc) is 2.65. The van der Waals surface area contributed by atoms with Gasteiger partial charge in [0.1, 0.15) is 5.82 Å². The molecule has 1 amide bonds. The van der Waals surface area contributed by atoms with Crippen LogP contribution < -0.4 is 10.6 Å². The number of aromatic nitrogens is 1. The first kappa shape index (κ1) is 19.3. The van der Waals surface area contributed by atoms with Crippen LogP contribution in [0.5, 0.6) is 0 Å². The first-order valence-electron chi connectivity index (χ1n) is 9.07. The van der Waals surface area contributed by atoms with E-state index in [4.69, 9.17) is 0 Å². The van der Waals surface area contributed by atoms with Gasteiger partial charge in [0.2, 0.25) is 0 Å². The number of Topliss-reactive ketones (excluding diaryl/α,β-unsaturated/α-hetero) is 1. The van der Waals surface area contributed by atoms with Crippen molar-refractivity contribution in [1.29, 1.82) is 0 Å². The van der Waals surface area contributed by atoms with Crippen molar-refractivity contribution in [1.82, 2.24) is 4.98 Å². The maximum atomic E-state index is 12.6. The van der Waals surface area contributed by atoms with Gasteiger partial charge in [-0.1, -0.05) is 29.8 Å². The molecule has 0 aliphatic heterocycles. The minimum atomic E-state index is -0.201. The minimum absolute atomic E-state index is 0.00493. The molecule has 2 N–H and O–H groups in total.